The van der Waals surface area contributed by atoms with Crippen LogP contribution in [0.3, 0.4) is 0 Å². The first kappa shape index (κ1) is 20.9. The first-order valence-electron chi connectivity index (χ1n) is 8.32. The van der Waals surface area contributed by atoms with Crippen LogP contribution < -0.4 is 10.1 Å². The largest absolute Gasteiger partial charge is 0.279 e. The van der Waals surface area contributed by atoms with Crippen molar-refractivity contribution in [1.29, 1.82) is 0 Å². The summed E-state index contributed by atoms with van der Waals surface area (Å²) in [7, 11) is -3.90. The normalized spacial score (nSPS) is 11.4. The fourth-order valence-corrected chi connectivity index (χ4v) is 3.78. The monoisotopic (exact) mass is 447 g/mol. The van der Waals surface area contributed by atoms with Crippen LogP contribution in [0, 0.1) is 0 Å². The molecule has 0 atom stereocenters. The second-order valence-electron chi connectivity index (χ2n) is 5.83. The van der Waals surface area contributed by atoms with Crippen molar-refractivity contribution in [3.05, 3.63) is 94.0 Å². The van der Waals surface area contributed by atoms with Gasteiger partial charge in [0.15, 0.2) is 0 Å². The molecule has 0 fully saturated rings. The summed E-state index contributed by atoms with van der Waals surface area (Å²) in [4.78, 5) is 12.5. The van der Waals surface area contributed by atoms with E-state index in [1.165, 1.54) is 42.6 Å². The van der Waals surface area contributed by atoms with E-state index in [2.05, 4.69) is 15.2 Å². The fourth-order valence-electron chi connectivity index (χ4n) is 2.39. The Balaban J connectivity index is 1.78. The summed E-state index contributed by atoms with van der Waals surface area (Å²) >= 11 is 11.8. The minimum Gasteiger partial charge on any atom is -0.279 e. The van der Waals surface area contributed by atoms with Crippen LogP contribution in [0.5, 0.6) is 0 Å². The molecule has 0 radical (unpaired) electrons. The van der Waals surface area contributed by atoms with Crippen LogP contribution in [0.25, 0.3) is 0 Å². The van der Waals surface area contributed by atoms with Gasteiger partial charge >= 0.3 is 0 Å². The smallest absolute Gasteiger partial charge is 0.273 e. The maximum absolute atomic E-state index is 12.6. The molecule has 2 N–H and O–H groups in total. The van der Waals surface area contributed by atoms with E-state index >= 15 is 0 Å². The minimum absolute atomic E-state index is 0.0221. The highest BCUT2D eigenvalue weighted by atomic mass is 35.5. The summed E-state index contributed by atoms with van der Waals surface area (Å²) in [5.74, 6) is -0.581. The number of sulfonamides is 1. The molecule has 6 nitrogen and oxygen atoms in total. The van der Waals surface area contributed by atoms with Crippen LogP contribution in [0.1, 0.15) is 15.9 Å². The third-order valence-corrected chi connectivity index (χ3v) is 5.79. The number of hydrogen-bond acceptors (Lipinski definition) is 4. The van der Waals surface area contributed by atoms with E-state index in [-0.39, 0.29) is 16.1 Å². The first-order chi connectivity index (χ1) is 13.9. The zero-order chi connectivity index (χ0) is 20.9. The molecule has 0 aliphatic rings. The number of hydrogen-bond donors (Lipinski definition) is 2. The van der Waals surface area contributed by atoms with E-state index in [1.807, 2.05) is 0 Å². The molecule has 0 saturated heterocycles. The van der Waals surface area contributed by atoms with Gasteiger partial charge in [-0.05, 0) is 42.5 Å². The van der Waals surface area contributed by atoms with Crippen molar-refractivity contribution < 1.29 is 13.2 Å². The van der Waals surface area contributed by atoms with Crippen LogP contribution in [0.4, 0.5) is 5.69 Å². The van der Waals surface area contributed by atoms with Gasteiger partial charge in [-0.25, -0.2) is 13.8 Å². The van der Waals surface area contributed by atoms with Crippen molar-refractivity contribution in [1.82, 2.24) is 5.43 Å². The van der Waals surface area contributed by atoms with E-state index in [0.717, 1.165) is 0 Å². The summed E-state index contributed by atoms with van der Waals surface area (Å²) in [5.41, 5.74) is 3.23. The zero-order valence-corrected chi connectivity index (χ0v) is 17.2. The molecule has 0 spiro atoms. The van der Waals surface area contributed by atoms with E-state index < -0.39 is 15.9 Å². The summed E-state index contributed by atoms with van der Waals surface area (Å²) < 4.78 is 27.6. The van der Waals surface area contributed by atoms with Crippen molar-refractivity contribution >= 4 is 51.0 Å². The summed E-state index contributed by atoms with van der Waals surface area (Å²) in [6.45, 7) is 0. The predicted octanol–water partition coefficient (Wildman–Crippen LogP) is 4.56. The average molecular weight is 448 g/mol. The molecule has 0 aliphatic carbocycles. The number of carbonyl (C=O) groups excluding carboxylic acids is 1. The van der Waals surface area contributed by atoms with Crippen molar-refractivity contribution in [2.24, 2.45) is 5.10 Å². The second kappa shape index (κ2) is 9.09. The molecule has 29 heavy (non-hydrogen) atoms. The number of nitrogens with one attached hydrogen (secondary N) is 2. The number of carbonyl (C=O) groups is 1. The molecule has 0 bridgehead atoms. The van der Waals surface area contributed by atoms with Gasteiger partial charge in [0.2, 0.25) is 0 Å². The van der Waals surface area contributed by atoms with E-state index in [0.29, 0.717) is 15.6 Å². The SMILES string of the molecule is O=C(N/N=C/c1ccccc1Cl)c1ccccc1NS(=O)(=O)c1ccc(Cl)cc1. The van der Waals surface area contributed by atoms with Gasteiger partial charge in [-0.1, -0.05) is 53.5 Å². The molecule has 1 amide bonds. The summed E-state index contributed by atoms with van der Waals surface area (Å²) in [5, 5.41) is 4.79. The lowest BCUT2D eigenvalue weighted by Crippen LogP contribution is -2.21. The molecule has 9 heteroatoms. The lowest BCUT2D eigenvalue weighted by Gasteiger charge is -2.11. The van der Waals surface area contributed by atoms with Crippen LogP contribution in [0.2, 0.25) is 10.0 Å². The van der Waals surface area contributed by atoms with Gasteiger partial charge in [0.25, 0.3) is 15.9 Å². The number of para-hydroxylation sites is 1. The standard InChI is InChI=1S/C20H15Cl2N3O3S/c21-15-9-11-16(12-10-15)29(27,28)25-19-8-4-2-6-17(19)20(26)24-23-13-14-5-1-3-7-18(14)22/h1-13,25H,(H,24,26)/b23-13+. The molecule has 0 aliphatic heterocycles. The minimum atomic E-state index is -3.90. The Hall–Kier alpha value is -2.87. The Bertz CT molecular complexity index is 1160. The molecule has 0 unspecified atom stereocenters. The number of anilines is 1. The summed E-state index contributed by atoms with van der Waals surface area (Å²) in [6.07, 6.45) is 1.40. The van der Waals surface area contributed by atoms with E-state index in [4.69, 9.17) is 23.2 Å². The van der Waals surface area contributed by atoms with Crippen molar-refractivity contribution in [2.45, 2.75) is 4.90 Å². The van der Waals surface area contributed by atoms with Crippen molar-refractivity contribution in [3.63, 3.8) is 0 Å². The van der Waals surface area contributed by atoms with Gasteiger partial charge in [0, 0.05) is 15.6 Å². The molecule has 0 heterocycles. The molecule has 3 aromatic carbocycles. The number of amides is 1. The van der Waals surface area contributed by atoms with Crippen molar-refractivity contribution in [3.8, 4) is 0 Å². The Labute approximate surface area is 178 Å². The highest BCUT2D eigenvalue weighted by Gasteiger charge is 2.18. The van der Waals surface area contributed by atoms with Crippen LogP contribution in [-0.4, -0.2) is 20.5 Å². The zero-order valence-electron chi connectivity index (χ0n) is 14.8. The Morgan fingerprint density at radius 2 is 1.55 bits per heavy atom. The number of hydrazone groups is 1. The number of nitrogens with zero attached hydrogens (tertiary/aromatic N) is 1. The van der Waals surface area contributed by atoms with Gasteiger partial charge in [-0.2, -0.15) is 5.10 Å². The lowest BCUT2D eigenvalue weighted by molar-refractivity contribution is 0.0956. The van der Waals surface area contributed by atoms with E-state index in [9.17, 15) is 13.2 Å². The molecule has 3 rings (SSSR count). The number of benzene rings is 3. The van der Waals surface area contributed by atoms with Gasteiger partial charge in [-0.15, -0.1) is 0 Å². The first-order valence-corrected chi connectivity index (χ1v) is 10.6. The highest BCUT2D eigenvalue weighted by molar-refractivity contribution is 7.92. The average Bonchev–Trinajstić information content (AvgIpc) is 2.70. The van der Waals surface area contributed by atoms with Crippen molar-refractivity contribution in [2.75, 3.05) is 4.72 Å². The van der Waals surface area contributed by atoms with Gasteiger partial charge in [-0.3, -0.25) is 9.52 Å². The van der Waals surface area contributed by atoms with Gasteiger partial charge in [0.05, 0.1) is 22.4 Å². The van der Waals surface area contributed by atoms with Crippen LogP contribution in [-0.2, 0) is 10.0 Å². The van der Waals surface area contributed by atoms with Gasteiger partial charge in [0.1, 0.15) is 0 Å². The second-order valence-corrected chi connectivity index (χ2v) is 8.35. The third kappa shape index (κ3) is 5.35. The van der Waals surface area contributed by atoms with Crippen LogP contribution >= 0.6 is 23.2 Å². The topological polar surface area (TPSA) is 87.6 Å². The molecular formula is C20H15Cl2N3O3S. The van der Waals surface area contributed by atoms with E-state index in [1.54, 1.807) is 36.4 Å². The lowest BCUT2D eigenvalue weighted by atomic mass is 10.2. The maximum Gasteiger partial charge on any atom is 0.273 e. The molecule has 0 saturated carbocycles. The fraction of sp³-hybridized carbons (Fsp3) is 0. The Morgan fingerprint density at radius 1 is 0.897 bits per heavy atom. The Morgan fingerprint density at radius 3 is 2.28 bits per heavy atom. The van der Waals surface area contributed by atoms with Crippen LogP contribution in [0.15, 0.2) is 82.8 Å². The predicted molar refractivity (Wildman–Crippen MR) is 115 cm³/mol. The quantitative estimate of drug-likeness (QED) is 0.428. The number of rotatable bonds is 6. The maximum atomic E-state index is 12.6. The Kier molecular flexibility index (Phi) is 6.53. The summed E-state index contributed by atoms with van der Waals surface area (Å²) in [6, 6.07) is 18.9. The van der Waals surface area contributed by atoms with Gasteiger partial charge < -0.3 is 0 Å². The molecule has 148 valence electrons. The molecular weight excluding hydrogens is 433 g/mol. The highest BCUT2D eigenvalue weighted by Crippen LogP contribution is 2.21. The third-order valence-electron chi connectivity index (χ3n) is 3.81. The molecule has 0 aromatic heterocycles. The molecule has 3 aromatic rings. The number of halogens is 2.